The third-order valence-corrected chi connectivity index (χ3v) is 5.10. The summed E-state index contributed by atoms with van der Waals surface area (Å²) in [5, 5.41) is 0.885. The van der Waals surface area contributed by atoms with Gasteiger partial charge in [-0.25, -0.2) is 0 Å². The monoisotopic (exact) mass is 357 g/mol. The Bertz CT molecular complexity index is 409. The predicted octanol–water partition coefficient (Wildman–Crippen LogP) is 4.16. The van der Waals surface area contributed by atoms with Gasteiger partial charge in [0, 0.05) is 14.2 Å². The van der Waals surface area contributed by atoms with Gasteiger partial charge in [0.2, 0.25) is 0 Å². The van der Waals surface area contributed by atoms with E-state index in [9.17, 15) is 4.48 Å². The summed E-state index contributed by atoms with van der Waals surface area (Å²) in [5.41, 5.74) is 3.72. The van der Waals surface area contributed by atoms with E-state index in [1.807, 2.05) is 39.9 Å². The standard InChI is InChI=1S/C20H40FN3O/c1-11-16(6)19(18(13-3)25-10)23(9)17(12-2)14-24(21)20(15(4)5)22(7)8/h15-16,18-20H,2,11,13-14H2,1,3-10H3. The lowest BCUT2D eigenvalue weighted by Gasteiger charge is -2.41. The minimum absolute atomic E-state index is 0.0890. The van der Waals surface area contributed by atoms with Gasteiger partial charge in [0.1, 0.15) is 0 Å². The Hall–Kier alpha value is -0.870. The summed E-state index contributed by atoms with van der Waals surface area (Å²) in [6, 6.07) is 0.162. The Morgan fingerprint density at radius 1 is 1.12 bits per heavy atom. The van der Waals surface area contributed by atoms with Crippen LogP contribution in [0.3, 0.4) is 0 Å². The van der Waals surface area contributed by atoms with Gasteiger partial charge in [-0.05, 0) is 32.4 Å². The van der Waals surface area contributed by atoms with Crippen molar-refractivity contribution in [3.63, 3.8) is 0 Å². The van der Waals surface area contributed by atoms with Crippen LogP contribution in [0.4, 0.5) is 4.48 Å². The minimum atomic E-state index is -0.289. The van der Waals surface area contributed by atoms with Crippen LogP contribution < -0.4 is 0 Å². The van der Waals surface area contributed by atoms with Crippen LogP contribution in [0.1, 0.15) is 47.5 Å². The molecule has 0 fully saturated rings. The topological polar surface area (TPSA) is 19.0 Å². The molecule has 0 aliphatic carbocycles. The summed E-state index contributed by atoms with van der Waals surface area (Å²) in [5.74, 6) is 0.588. The van der Waals surface area contributed by atoms with Crippen LogP contribution in [0.2, 0.25) is 0 Å². The molecule has 0 saturated heterocycles. The molecule has 0 aromatic heterocycles. The smallest absolute Gasteiger partial charge is 0.0941 e. The molecule has 5 heteroatoms. The molecule has 0 bridgehead atoms. The van der Waals surface area contributed by atoms with E-state index in [1.165, 1.54) is 0 Å². The quantitative estimate of drug-likeness (QED) is 0.297. The van der Waals surface area contributed by atoms with Crippen LogP contribution in [-0.2, 0) is 4.74 Å². The summed E-state index contributed by atoms with van der Waals surface area (Å²) < 4.78 is 20.6. The second-order valence-electron chi connectivity index (χ2n) is 7.47. The Labute approximate surface area is 155 Å². The summed E-state index contributed by atoms with van der Waals surface area (Å²) in [4.78, 5) is 4.01. The van der Waals surface area contributed by atoms with Gasteiger partial charge in [-0.1, -0.05) is 47.6 Å². The fourth-order valence-corrected chi connectivity index (χ4v) is 3.67. The van der Waals surface area contributed by atoms with Gasteiger partial charge >= 0.3 is 0 Å². The lowest BCUT2D eigenvalue weighted by Crippen LogP contribution is -2.49. The maximum Gasteiger partial charge on any atom is 0.0941 e. The Morgan fingerprint density at radius 3 is 2.00 bits per heavy atom. The van der Waals surface area contributed by atoms with E-state index in [0.717, 1.165) is 23.7 Å². The number of hydrogen-bond acceptors (Lipinski definition) is 4. The number of halogens is 1. The van der Waals surface area contributed by atoms with E-state index in [1.54, 1.807) is 7.11 Å². The van der Waals surface area contributed by atoms with Crippen LogP contribution in [0, 0.1) is 11.8 Å². The highest BCUT2D eigenvalue weighted by Crippen LogP contribution is 2.25. The minimum Gasteiger partial charge on any atom is -0.379 e. The Balaban J connectivity index is 5.45. The van der Waals surface area contributed by atoms with Crippen LogP contribution in [0.25, 0.3) is 0 Å². The molecular formula is C20H40FN3O. The number of ether oxygens (including phenoxy) is 1. The second kappa shape index (κ2) is 11.7. The first kappa shape index (κ1) is 24.1. The fraction of sp³-hybridized carbons (Fsp3) is 0.850. The van der Waals surface area contributed by atoms with Gasteiger partial charge in [0.05, 0.1) is 30.6 Å². The maximum absolute atomic E-state index is 14.9. The van der Waals surface area contributed by atoms with E-state index in [4.69, 9.17) is 4.74 Å². The average molecular weight is 358 g/mol. The lowest BCUT2D eigenvalue weighted by molar-refractivity contribution is -0.0950. The molecule has 4 atom stereocenters. The molecule has 0 radical (unpaired) electrons. The van der Waals surface area contributed by atoms with E-state index in [-0.39, 0.29) is 30.8 Å². The third-order valence-electron chi connectivity index (χ3n) is 5.10. The van der Waals surface area contributed by atoms with Crippen LogP contribution in [0.5, 0.6) is 0 Å². The molecule has 0 spiro atoms. The first-order valence-electron chi connectivity index (χ1n) is 9.39. The van der Waals surface area contributed by atoms with Gasteiger partial charge in [0.15, 0.2) is 0 Å². The van der Waals surface area contributed by atoms with Crippen molar-refractivity contribution in [3.05, 3.63) is 18.0 Å². The highest BCUT2D eigenvalue weighted by molar-refractivity contribution is 5.04. The Morgan fingerprint density at radius 2 is 1.68 bits per heavy atom. The highest BCUT2D eigenvalue weighted by atomic mass is 19.2. The number of methoxy groups -OCH3 is 1. The second-order valence-corrected chi connectivity index (χ2v) is 7.47. The molecule has 25 heavy (non-hydrogen) atoms. The maximum atomic E-state index is 14.9. The molecule has 0 saturated carbocycles. The van der Waals surface area contributed by atoms with Gasteiger partial charge < -0.3 is 9.64 Å². The predicted molar refractivity (Wildman–Crippen MR) is 105 cm³/mol. The Kier molecular flexibility index (Phi) is 11.3. The molecule has 0 aliphatic heterocycles. The summed E-state index contributed by atoms with van der Waals surface area (Å²) in [6.07, 6.45) is 1.74. The van der Waals surface area contributed by atoms with E-state index >= 15 is 0 Å². The number of rotatable bonds is 12. The largest absolute Gasteiger partial charge is 0.379 e. The van der Waals surface area contributed by atoms with Crippen molar-refractivity contribution in [1.29, 1.82) is 0 Å². The van der Waals surface area contributed by atoms with E-state index in [2.05, 4.69) is 38.0 Å². The van der Waals surface area contributed by atoms with Crippen molar-refractivity contribution < 1.29 is 9.22 Å². The fourth-order valence-electron chi connectivity index (χ4n) is 3.67. The van der Waals surface area contributed by atoms with Crippen LogP contribution in [0.15, 0.2) is 18.0 Å². The SMILES string of the molecule is C=C=C(CN(F)C(C(C)C)N(C)C)N(C)C(C(C)CC)C(CC)OC. The van der Waals surface area contributed by atoms with E-state index < -0.39 is 0 Å². The highest BCUT2D eigenvalue weighted by Gasteiger charge is 2.32. The van der Waals surface area contributed by atoms with Crippen LogP contribution >= 0.6 is 0 Å². The number of nitrogens with zero attached hydrogens (tertiary/aromatic N) is 3. The molecule has 148 valence electrons. The van der Waals surface area contributed by atoms with Gasteiger partial charge in [0.25, 0.3) is 0 Å². The molecule has 0 aromatic carbocycles. The molecule has 0 aliphatic rings. The first-order chi connectivity index (χ1) is 11.7. The number of hydrogen-bond donors (Lipinski definition) is 0. The first-order valence-corrected chi connectivity index (χ1v) is 9.39. The molecule has 0 amide bonds. The van der Waals surface area contributed by atoms with Crippen molar-refractivity contribution in [1.82, 2.24) is 14.9 Å². The molecular weight excluding hydrogens is 317 g/mol. The van der Waals surface area contributed by atoms with Gasteiger partial charge in [-0.2, -0.15) is 0 Å². The molecule has 0 N–H and O–H groups in total. The van der Waals surface area contributed by atoms with Crippen molar-refractivity contribution in [2.24, 2.45) is 11.8 Å². The molecule has 0 heterocycles. The lowest BCUT2D eigenvalue weighted by atomic mass is 9.91. The number of likely N-dealkylation sites (N-methyl/N-ethyl adjacent to an activating group) is 1. The molecule has 4 nitrogen and oxygen atoms in total. The van der Waals surface area contributed by atoms with Crippen molar-refractivity contribution in [3.8, 4) is 0 Å². The zero-order valence-electron chi connectivity index (χ0n) is 17.8. The van der Waals surface area contributed by atoms with Crippen molar-refractivity contribution in [2.45, 2.75) is 65.8 Å². The zero-order chi connectivity index (χ0) is 19.7. The van der Waals surface area contributed by atoms with E-state index in [0.29, 0.717) is 5.92 Å². The van der Waals surface area contributed by atoms with Crippen molar-refractivity contribution in [2.75, 3.05) is 34.8 Å². The van der Waals surface area contributed by atoms with Gasteiger partial charge in [-0.3, -0.25) is 4.90 Å². The average Bonchev–Trinajstić information content (AvgIpc) is 2.55. The molecule has 0 rings (SSSR count). The molecule has 0 aromatic rings. The molecule has 4 unspecified atom stereocenters. The van der Waals surface area contributed by atoms with Crippen LogP contribution in [-0.4, -0.2) is 68.0 Å². The summed E-state index contributed by atoms with van der Waals surface area (Å²) in [6.45, 7) is 14.5. The van der Waals surface area contributed by atoms with Crippen molar-refractivity contribution >= 4 is 0 Å². The summed E-state index contributed by atoms with van der Waals surface area (Å²) in [7, 11) is 7.55. The normalized spacial score (nSPS) is 16.7. The third kappa shape index (κ3) is 6.74. The summed E-state index contributed by atoms with van der Waals surface area (Å²) >= 11 is 0. The van der Waals surface area contributed by atoms with Gasteiger partial charge in [-0.15, -0.1) is 15.3 Å². The zero-order valence-corrected chi connectivity index (χ0v) is 17.8.